The van der Waals surface area contributed by atoms with Gasteiger partial charge < -0.3 is 23.0 Å². The zero-order valence-corrected chi connectivity index (χ0v) is 22.1. The Labute approximate surface area is 191 Å². The summed E-state index contributed by atoms with van der Waals surface area (Å²) in [5.74, 6) is 0. The highest BCUT2D eigenvalue weighted by Crippen LogP contribution is 2.43. The van der Waals surface area contributed by atoms with E-state index in [4.69, 9.17) is 9.16 Å². The second-order valence-electron chi connectivity index (χ2n) is 9.73. The first kappa shape index (κ1) is 27.4. The maximum Gasteiger partial charge on any atom is 0.330 e. The molecule has 184 valence electrons. The molecule has 0 amide bonds. The monoisotopic (exact) mass is 513 g/mol. The van der Waals surface area contributed by atoms with Crippen LogP contribution in [0.25, 0.3) is 0 Å². The number of H-pyrrole nitrogens is 1. The third kappa shape index (κ3) is 7.09. The van der Waals surface area contributed by atoms with Gasteiger partial charge in [0.25, 0.3) is 5.56 Å². The molecule has 1 unspecified atom stereocenters. The minimum absolute atomic E-state index is 0.0621. The number of nitrogens with zero attached hydrogens (tertiary/aromatic N) is 1. The number of rotatable bonds is 9. The maximum atomic E-state index is 12.6. The third-order valence-corrected chi connectivity index (χ3v) is 12.4. The van der Waals surface area contributed by atoms with Gasteiger partial charge in [-0.05, 0) is 36.7 Å². The molecule has 1 fully saturated rings. The molecule has 0 bridgehead atoms. The van der Waals surface area contributed by atoms with Gasteiger partial charge in [-0.3, -0.25) is 14.3 Å². The number of aromatic nitrogens is 2. The molecule has 0 saturated carbocycles. The molecule has 0 radical (unpaired) electrons. The lowest BCUT2D eigenvalue weighted by Gasteiger charge is -2.39. The molecule has 32 heavy (non-hydrogen) atoms. The van der Waals surface area contributed by atoms with Crippen LogP contribution in [0.5, 0.6) is 0 Å². The van der Waals surface area contributed by atoms with Gasteiger partial charge in [0.15, 0.2) is 15.6 Å². The molecule has 1 aromatic rings. The zero-order chi connectivity index (χ0) is 24.5. The Morgan fingerprint density at radius 2 is 2.00 bits per heavy atom. The van der Waals surface area contributed by atoms with Crippen LogP contribution >= 0.6 is 7.29 Å². The van der Waals surface area contributed by atoms with Crippen LogP contribution < -0.4 is 25.8 Å². The molecule has 2 heterocycles. The van der Waals surface area contributed by atoms with E-state index in [1.54, 1.807) is 6.92 Å². The predicted molar refractivity (Wildman–Crippen MR) is 114 cm³/mol. The van der Waals surface area contributed by atoms with Crippen molar-refractivity contribution in [3.8, 4) is 0 Å². The Morgan fingerprint density at radius 3 is 2.56 bits per heavy atom. The van der Waals surface area contributed by atoms with Gasteiger partial charge in [0, 0.05) is 31.0 Å². The second kappa shape index (κ2) is 10.2. The lowest BCUT2D eigenvalue weighted by atomic mass is 10.1. The summed E-state index contributed by atoms with van der Waals surface area (Å²) in [6, 6.07) is 0. The molecular weight excluding hydrogens is 481 g/mol. The normalized spacial score (nSPS) is 24.1. The van der Waals surface area contributed by atoms with Crippen LogP contribution in [0.3, 0.4) is 0 Å². The van der Waals surface area contributed by atoms with E-state index in [0.717, 1.165) is 0 Å². The summed E-state index contributed by atoms with van der Waals surface area (Å²) >= 11 is 0. The molecule has 0 aliphatic carbocycles. The van der Waals surface area contributed by atoms with Gasteiger partial charge in [0.2, 0.25) is 0 Å². The molecule has 11 nitrogen and oxygen atoms in total. The van der Waals surface area contributed by atoms with Crippen molar-refractivity contribution in [1.29, 1.82) is 0 Å². The lowest BCUT2D eigenvalue weighted by molar-refractivity contribution is -1.63. The van der Waals surface area contributed by atoms with E-state index in [2.05, 4.69) is 48.5 Å². The quantitative estimate of drug-likeness (QED) is 0.271. The van der Waals surface area contributed by atoms with Crippen LogP contribution in [0, 0.1) is 17.7 Å². The van der Waals surface area contributed by atoms with Crippen LogP contribution in [0.1, 0.15) is 45.4 Å². The van der Waals surface area contributed by atoms with Crippen molar-refractivity contribution < 1.29 is 38.2 Å². The fraction of sp³-hybridized carbons (Fsp3) is 0.778. The number of hydrogen-bond acceptors (Lipinski definition) is 8. The fourth-order valence-electron chi connectivity index (χ4n) is 3.13. The van der Waals surface area contributed by atoms with Gasteiger partial charge in [0.05, 0.1) is 12.2 Å². The Morgan fingerprint density at radius 1 is 1.38 bits per heavy atom. The molecule has 2 N–H and O–H groups in total. The summed E-state index contributed by atoms with van der Waals surface area (Å²) in [7, 11) is -7.84. The Balaban J connectivity index is 2.25. The largest absolute Gasteiger partial charge is 0.411 e. The lowest BCUT2D eigenvalue weighted by Crippen LogP contribution is -2.46. The van der Waals surface area contributed by atoms with Crippen molar-refractivity contribution in [2.45, 2.75) is 77.1 Å². The molecule has 1 aliphatic heterocycles. The molecule has 1 saturated heterocycles. The third-order valence-electron chi connectivity index (χ3n) is 6.02. The van der Waals surface area contributed by atoms with E-state index in [-0.39, 0.29) is 17.3 Å². The van der Waals surface area contributed by atoms with Crippen LogP contribution in [-0.2, 0) is 18.1 Å². The number of aromatic amines is 1. The summed E-state index contributed by atoms with van der Waals surface area (Å²) in [6.45, 7) is 13.5. The highest BCUT2D eigenvalue weighted by Gasteiger charge is 2.45. The predicted octanol–water partition coefficient (Wildman–Crippen LogP) is 0.428. The van der Waals surface area contributed by atoms with Gasteiger partial charge in [-0.15, -0.1) is 0 Å². The van der Waals surface area contributed by atoms with Crippen molar-refractivity contribution in [3.63, 3.8) is 0 Å². The summed E-state index contributed by atoms with van der Waals surface area (Å²) in [5.41, 5.74) is -0.657. The Hall–Kier alpha value is -0.823. The maximum absolute atomic E-state index is 12.6. The van der Waals surface area contributed by atoms with Gasteiger partial charge in [-0.2, -0.15) is 0 Å². The standard InChI is InChI=1S/C18H33ClN3O8PSi/c1-12-11-22(17(24)20-16(12)23)15-10-14(29-32(6,7)18(2,3)4)13(28-15)8-9-31(5,27)21-30-19(25)26/h11,13-15H,8-10H2,1-7H3,(H,21,27)(H,20,23,24)/t13-,14+,15-,31?/m1/s1. The van der Waals surface area contributed by atoms with Crippen LogP contribution in [-0.4, -0.2) is 42.9 Å². The SMILES string of the molecule is Cc1cn([C@H]2C[C@H](O[Si](C)(C)C(C)(C)C)[C@@H](CCP(C)(=O)NO[Cl+2]([O-])[O-])O2)c(=O)[nH]c1=O. The van der Waals surface area contributed by atoms with E-state index in [1.807, 2.05) is 0 Å². The summed E-state index contributed by atoms with van der Waals surface area (Å²) in [4.78, 5) is 26.4. The van der Waals surface area contributed by atoms with Crippen molar-refractivity contribution in [2.24, 2.45) is 0 Å². The number of aryl methyl sites for hydroxylation is 1. The molecule has 1 aromatic heterocycles. The first-order valence-corrected chi connectivity index (χ1v) is 16.4. The molecule has 2 rings (SSSR count). The van der Waals surface area contributed by atoms with Crippen molar-refractivity contribution >= 4 is 15.6 Å². The summed E-state index contributed by atoms with van der Waals surface area (Å²) in [5, 5.41) is 2.02. The number of ether oxygens (including phenoxy) is 1. The van der Waals surface area contributed by atoms with E-state index >= 15 is 0 Å². The molecule has 0 spiro atoms. The molecule has 14 heteroatoms. The van der Waals surface area contributed by atoms with E-state index in [1.165, 1.54) is 17.4 Å². The van der Waals surface area contributed by atoms with E-state index in [0.29, 0.717) is 18.4 Å². The van der Waals surface area contributed by atoms with Gasteiger partial charge in [-0.1, -0.05) is 20.8 Å². The van der Waals surface area contributed by atoms with Crippen molar-refractivity contribution in [3.05, 3.63) is 32.6 Å². The van der Waals surface area contributed by atoms with Crippen LogP contribution in [0.2, 0.25) is 18.1 Å². The summed E-state index contributed by atoms with van der Waals surface area (Å²) < 4.78 is 52.0. The number of hydrogen-bond donors (Lipinski definition) is 2. The average molecular weight is 514 g/mol. The first-order chi connectivity index (χ1) is 14.5. The van der Waals surface area contributed by atoms with Crippen LogP contribution in [0.4, 0.5) is 0 Å². The highest BCUT2D eigenvalue weighted by atomic mass is 35.6. The highest BCUT2D eigenvalue weighted by molar-refractivity contribution is 7.60. The van der Waals surface area contributed by atoms with Crippen molar-refractivity contribution in [1.82, 2.24) is 14.8 Å². The first-order valence-electron chi connectivity index (χ1n) is 10.2. The average Bonchev–Trinajstić information content (AvgIpc) is 3.02. The molecule has 4 atom stereocenters. The molecule has 0 aromatic carbocycles. The Kier molecular flexibility index (Phi) is 8.74. The van der Waals surface area contributed by atoms with Gasteiger partial charge in [-0.25, -0.2) is 4.79 Å². The van der Waals surface area contributed by atoms with Crippen molar-refractivity contribution in [2.75, 3.05) is 12.8 Å². The minimum atomic E-state index is -3.14. The van der Waals surface area contributed by atoms with Crippen LogP contribution in [0.15, 0.2) is 15.8 Å². The molecular formula is C18H33ClN3O8PSi. The van der Waals surface area contributed by atoms with Gasteiger partial charge >= 0.3 is 16.5 Å². The van der Waals surface area contributed by atoms with E-state index in [9.17, 15) is 23.5 Å². The molecule has 1 aliphatic rings. The smallest absolute Gasteiger partial charge is 0.330 e. The number of nitrogens with one attached hydrogen (secondary N) is 2. The number of halogens is 1. The summed E-state index contributed by atoms with van der Waals surface area (Å²) in [6.07, 6.45) is 0.698. The Bertz CT molecular complexity index is 961. The minimum Gasteiger partial charge on any atom is -0.411 e. The topological polar surface area (TPSA) is 158 Å². The zero-order valence-electron chi connectivity index (χ0n) is 19.5. The van der Waals surface area contributed by atoms with Gasteiger partial charge in [0.1, 0.15) is 10.6 Å². The second-order valence-corrected chi connectivity index (χ2v) is 17.9. The van der Waals surface area contributed by atoms with E-state index < -0.39 is 50.0 Å². The fourth-order valence-corrected chi connectivity index (χ4v) is 6.13.